The predicted octanol–water partition coefficient (Wildman–Crippen LogP) is 1.87. The molecule has 1 saturated heterocycles. The van der Waals surface area contributed by atoms with Crippen LogP contribution in [-0.4, -0.2) is 37.2 Å². The lowest BCUT2D eigenvalue weighted by Gasteiger charge is -2.21. The Morgan fingerprint density at radius 1 is 1.16 bits per heavy atom. The van der Waals surface area contributed by atoms with Crippen LogP contribution in [0.3, 0.4) is 0 Å². The van der Waals surface area contributed by atoms with Crippen LogP contribution in [0.15, 0.2) is 0 Å². The predicted molar refractivity (Wildman–Crippen MR) is 76.0 cm³/mol. The fourth-order valence-corrected chi connectivity index (χ4v) is 5.58. The molecule has 2 unspecified atom stereocenters. The zero-order valence-electron chi connectivity index (χ0n) is 11.1. The standard InChI is InChI=1S/C13H22ClNO3S/c14-11-8-19(17,18)9-12(11)15-13(16)7-6-10-4-2-1-3-5-10/h10-12H,1-9H2,(H,15,16). The van der Waals surface area contributed by atoms with Gasteiger partial charge in [-0.15, -0.1) is 11.6 Å². The summed E-state index contributed by atoms with van der Waals surface area (Å²) in [4.78, 5) is 11.8. The van der Waals surface area contributed by atoms with E-state index in [4.69, 9.17) is 11.6 Å². The minimum atomic E-state index is -3.07. The molecule has 1 N–H and O–H groups in total. The number of hydrogen-bond acceptors (Lipinski definition) is 3. The van der Waals surface area contributed by atoms with Gasteiger partial charge in [-0.2, -0.15) is 0 Å². The maximum Gasteiger partial charge on any atom is 0.220 e. The Labute approximate surface area is 120 Å². The highest BCUT2D eigenvalue weighted by molar-refractivity contribution is 7.91. The van der Waals surface area contributed by atoms with Crippen molar-refractivity contribution in [3.05, 3.63) is 0 Å². The molecule has 0 aromatic rings. The van der Waals surface area contributed by atoms with Crippen molar-refractivity contribution in [2.45, 2.75) is 56.4 Å². The summed E-state index contributed by atoms with van der Waals surface area (Å²) in [7, 11) is -3.07. The molecule has 0 bridgehead atoms. The van der Waals surface area contributed by atoms with Gasteiger partial charge in [0.25, 0.3) is 0 Å². The van der Waals surface area contributed by atoms with Gasteiger partial charge in [0, 0.05) is 6.42 Å². The van der Waals surface area contributed by atoms with Gasteiger partial charge in [-0.05, 0) is 12.3 Å². The molecule has 1 amide bonds. The van der Waals surface area contributed by atoms with Crippen LogP contribution in [0.5, 0.6) is 0 Å². The summed E-state index contributed by atoms with van der Waals surface area (Å²) in [6.45, 7) is 0. The zero-order chi connectivity index (χ0) is 13.9. The highest BCUT2D eigenvalue weighted by atomic mass is 35.5. The number of rotatable bonds is 4. The Morgan fingerprint density at radius 3 is 2.42 bits per heavy atom. The van der Waals surface area contributed by atoms with E-state index in [0.29, 0.717) is 12.3 Å². The molecule has 2 atom stereocenters. The second-order valence-corrected chi connectivity index (χ2v) is 8.52. The summed E-state index contributed by atoms with van der Waals surface area (Å²) in [5, 5.41) is 2.29. The molecule has 1 saturated carbocycles. The number of sulfone groups is 1. The van der Waals surface area contributed by atoms with Crippen LogP contribution in [0.2, 0.25) is 0 Å². The smallest absolute Gasteiger partial charge is 0.220 e. The molecule has 19 heavy (non-hydrogen) atoms. The number of amides is 1. The van der Waals surface area contributed by atoms with Crippen LogP contribution in [0.4, 0.5) is 0 Å². The van der Waals surface area contributed by atoms with E-state index in [1.54, 1.807) is 0 Å². The normalized spacial score (nSPS) is 31.2. The van der Waals surface area contributed by atoms with Gasteiger partial charge in [0.15, 0.2) is 9.84 Å². The van der Waals surface area contributed by atoms with Crippen molar-refractivity contribution < 1.29 is 13.2 Å². The van der Waals surface area contributed by atoms with Crippen molar-refractivity contribution in [1.29, 1.82) is 0 Å². The SMILES string of the molecule is O=C(CCC1CCCCC1)NC1CS(=O)(=O)CC1Cl. The van der Waals surface area contributed by atoms with Gasteiger partial charge >= 0.3 is 0 Å². The van der Waals surface area contributed by atoms with Gasteiger partial charge in [0.2, 0.25) is 5.91 Å². The lowest BCUT2D eigenvalue weighted by atomic mass is 9.86. The third-order valence-electron chi connectivity index (χ3n) is 4.13. The first-order chi connectivity index (χ1) is 8.96. The van der Waals surface area contributed by atoms with E-state index in [1.807, 2.05) is 0 Å². The van der Waals surface area contributed by atoms with Crippen molar-refractivity contribution in [3.8, 4) is 0 Å². The van der Waals surface area contributed by atoms with E-state index in [1.165, 1.54) is 32.1 Å². The van der Waals surface area contributed by atoms with Crippen LogP contribution in [-0.2, 0) is 14.6 Å². The number of alkyl halides is 1. The number of hydrogen-bond donors (Lipinski definition) is 1. The minimum absolute atomic E-state index is 0.0175. The Hall–Kier alpha value is -0.290. The van der Waals surface area contributed by atoms with Crippen molar-refractivity contribution in [1.82, 2.24) is 5.32 Å². The Bertz CT molecular complexity index is 418. The monoisotopic (exact) mass is 307 g/mol. The van der Waals surface area contributed by atoms with E-state index in [-0.39, 0.29) is 17.4 Å². The third-order valence-corrected chi connectivity index (χ3v) is 6.51. The lowest BCUT2D eigenvalue weighted by molar-refractivity contribution is -0.122. The molecule has 1 aliphatic heterocycles. The van der Waals surface area contributed by atoms with Crippen LogP contribution < -0.4 is 5.32 Å². The summed E-state index contributed by atoms with van der Waals surface area (Å²) in [5.41, 5.74) is 0. The van der Waals surface area contributed by atoms with Gasteiger partial charge < -0.3 is 5.32 Å². The summed E-state index contributed by atoms with van der Waals surface area (Å²) in [5.74, 6) is 0.565. The van der Waals surface area contributed by atoms with Gasteiger partial charge in [-0.25, -0.2) is 8.42 Å². The molecule has 6 heteroatoms. The fourth-order valence-electron chi connectivity index (χ4n) is 3.03. The minimum Gasteiger partial charge on any atom is -0.351 e. The highest BCUT2D eigenvalue weighted by Gasteiger charge is 2.37. The average molecular weight is 308 g/mol. The molecule has 0 radical (unpaired) electrons. The van der Waals surface area contributed by atoms with Crippen LogP contribution in [0, 0.1) is 5.92 Å². The number of nitrogens with one attached hydrogen (secondary N) is 1. The van der Waals surface area contributed by atoms with Crippen molar-refractivity contribution in [3.63, 3.8) is 0 Å². The average Bonchev–Trinajstić information content (AvgIpc) is 2.61. The topological polar surface area (TPSA) is 63.2 Å². The molecule has 2 aliphatic rings. The maximum atomic E-state index is 11.8. The first kappa shape index (κ1) is 15.1. The number of carbonyl (C=O) groups excluding carboxylic acids is 1. The summed E-state index contributed by atoms with van der Waals surface area (Å²) < 4.78 is 22.8. The zero-order valence-corrected chi connectivity index (χ0v) is 12.7. The van der Waals surface area contributed by atoms with Crippen LogP contribution in [0.25, 0.3) is 0 Å². The van der Waals surface area contributed by atoms with Crippen LogP contribution in [0.1, 0.15) is 44.9 Å². The molecule has 0 aromatic heterocycles. The van der Waals surface area contributed by atoms with Gasteiger partial charge in [0.05, 0.1) is 22.9 Å². The lowest BCUT2D eigenvalue weighted by Crippen LogP contribution is -2.40. The van der Waals surface area contributed by atoms with E-state index in [0.717, 1.165) is 6.42 Å². The molecule has 1 aliphatic carbocycles. The van der Waals surface area contributed by atoms with E-state index < -0.39 is 21.3 Å². The molecule has 2 rings (SSSR count). The summed E-state index contributed by atoms with van der Waals surface area (Å²) >= 11 is 5.96. The first-order valence-corrected chi connectivity index (χ1v) is 9.36. The van der Waals surface area contributed by atoms with E-state index >= 15 is 0 Å². The van der Waals surface area contributed by atoms with Crippen LogP contribution >= 0.6 is 11.6 Å². The number of carbonyl (C=O) groups is 1. The van der Waals surface area contributed by atoms with Gasteiger partial charge in [0.1, 0.15) is 0 Å². The van der Waals surface area contributed by atoms with Gasteiger partial charge in [-0.3, -0.25) is 4.79 Å². The molecular weight excluding hydrogens is 286 g/mol. The van der Waals surface area contributed by atoms with E-state index in [9.17, 15) is 13.2 Å². The largest absolute Gasteiger partial charge is 0.351 e. The van der Waals surface area contributed by atoms with Crippen molar-refractivity contribution in [2.75, 3.05) is 11.5 Å². The third kappa shape index (κ3) is 4.63. The van der Waals surface area contributed by atoms with Crippen molar-refractivity contribution in [2.24, 2.45) is 5.92 Å². The molecule has 2 fully saturated rings. The maximum absolute atomic E-state index is 11.8. The van der Waals surface area contributed by atoms with Crippen molar-refractivity contribution >= 4 is 27.3 Å². The Morgan fingerprint density at radius 2 is 1.84 bits per heavy atom. The molecule has 1 heterocycles. The molecule has 4 nitrogen and oxygen atoms in total. The second kappa shape index (κ2) is 6.44. The fraction of sp³-hybridized carbons (Fsp3) is 0.923. The Kier molecular flexibility index (Phi) is 5.12. The highest BCUT2D eigenvalue weighted by Crippen LogP contribution is 2.27. The second-order valence-electron chi connectivity index (χ2n) is 5.81. The first-order valence-electron chi connectivity index (χ1n) is 7.10. The molecule has 0 aromatic carbocycles. The summed E-state index contributed by atoms with van der Waals surface area (Å²) in [6.07, 6.45) is 7.72. The van der Waals surface area contributed by atoms with E-state index in [2.05, 4.69) is 5.32 Å². The molecule has 110 valence electrons. The van der Waals surface area contributed by atoms with Gasteiger partial charge in [-0.1, -0.05) is 32.1 Å². The Balaban J connectivity index is 1.72. The molecular formula is C13H22ClNO3S. The summed E-state index contributed by atoms with van der Waals surface area (Å²) in [6, 6.07) is -0.412. The number of halogens is 1. The quantitative estimate of drug-likeness (QED) is 0.806. The molecule has 0 spiro atoms.